The molecule has 0 amide bonds. The Labute approximate surface area is 291 Å². The van der Waals surface area contributed by atoms with Crippen molar-refractivity contribution in [1.29, 1.82) is 0 Å². The van der Waals surface area contributed by atoms with Crippen molar-refractivity contribution in [1.82, 2.24) is 0 Å². The normalized spacial score (nSPS) is 11.4. The summed E-state index contributed by atoms with van der Waals surface area (Å²) in [7, 11) is 0. The van der Waals surface area contributed by atoms with Gasteiger partial charge in [0.25, 0.3) is 0 Å². The van der Waals surface area contributed by atoms with Crippen LogP contribution in [-0.2, 0) is 13.2 Å². The van der Waals surface area contributed by atoms with Crippen LogP contribution in [0.3, 0.4) is 0 Å². The number of fused-ring (bicyclic) bond motifs is 4. The van der Waals surface area contributed by atoms with Crippen LogP contribution in [0.15, 0.2) is 182 Å². The molecule has 2 nitrogen and oxygen atoms in total. The van der Waals surface area contributed by atoms with Gasteiger partial charge in [0.05, 0.1) is 0 Å². The Morgan fingerprint density at radius 1 is 0.300 bits per heavy atom. The Balaban J connectivity index is 1.02. The van der Waals surface area contributed by atoms with Gasteiger partial charge in [0.1, 0.15) is 24.7 Å². The van der Waals surface area contributed by atoms with Gasteiger partial charge in [0, 0.05) is 11.1 Å². The molecule has 0 unspecified atom stereocenters. The summed E-state index contributed by atoms with van der Waals surface area (Å²) in [6, 6.07) is 64.3. The van der Waals surface area contributed by atoms with Gasteiger partial charge in [-0.05, 0) is 83.5 Å². The van der Waals surface area contributed by atoms with Gasteiger partial charge in [-0.1, -0.05) is 164 Å². The van der Waals surface area contributed by atoms with Gasteiger partial charge in [0.2, 0.25) is 0 Å². The molecule has 2 heteroatoms. The summed E-state index contributed by atoms with van der Waals surface area (Å²) in [6.07, 6.45) is 0. The monoisotopic (exact) mass is 642 g/mol. The summed E-state index contributed by atoms with van der Waals surface area (Å²) in [6.45, 7) is 0.891. The first kappa shape index (κ1) is 29.7. The maximum absolute atomic E-state index is 6.68. The van der Waals surface area contributed by atoms with Crippen molar-refractivity contribution in [2.75, 3.05) is 0 Å². The molecule has 0 aliphatic heterocycles. The third kappa shape index (κ3) is 5.51. The standard InChI is InChI=1S/C48H34O2/c1-5-20-39-35(14-1)18-10-24-43(39)47-41-22-7-3-16-37(41)26-28-45(47)49-31-33-12-9-13-34(30-33)32-50-46-29-27-38-17-4-8-23-42(38)48(46)44-25-11-19-36-15-2-6-21-40(36)44/h1-30H,31-32H2. The minimum Gasteiger partial charge on any atom is -0.488 e. The van der Waals surface area contributed by atoms with Crippen molar-refractivity contribution in [3.8, 4) is 33.8 Å². The van der Waals surface area contributed by atoms with Gasteiger partial charge in [-0.15, -0.1) is 0 Å². The lowest BCUT2D eigenvalue weighted by Gasteiger charge is -2.17. The summed E-state index contributed by atoms with van der Waals surface area (Å²) in [4.78, 5) is 0. The predicted octanol–water partition coefficient (Wildman–Crippen LogP) is 12.8. The lowest BCUT2D eigenvalue weighted by atomic mass is 9.93. The van der Waals surface area contributed by atoms with E-state index in [1.807, 2.05) is 0 Å². The third-order valence-electron chi connectivity index (χ3n) is 9.68. The highest BCUT2D eigenvalue weighted by Gasteiger charge is 2.16. The fourth-order valence-electron chi connectivity index (χ4n) is 7.32. The fourth-order valence-corrected chi connectivity index (χ4v) is 7.32. The van der Waals surface area contributed by atoms with Gasteiger partial charge in [0.15, 0.2) is 0 Å². The molecule has 238 valence electrons. The minimum atomic E-state index is 0.446. The number of ether oxygens (including phenoxy) is 2. The van der Waals surface area contributed by atoms with E-state index in [1.165, 1.54) is 54.2 Å². The average Bonchev–Trinajstić information content (AvgIpc) is 3.18. The summed E-state index contributed by atoms with van der Waals surface area (Å²) >= 11 is 0. The number of benzene rings is 9. The van der Waals surface area contributed by atoms with Gasteiger partial charge < -0.3 is 9.47 Å². The zero-order chi connectivity index (χ0) is 33.3. The second-order valence-corrected chi connectivity index (χ2v) is 12.8. The van der Waals surface area contributed by atoms with Crippen LogP contribution in [0.2, 0.25) is 0 Å². The van der Waals surface area contributed by atoms with E-state index < -0.39 is 0 Å². The summed E-state index contributed by atoms with van der Waals surface area (Å²) < 4.78 is 13.4. The first-order valence-electron chi connectivity index (χ1n) is 17.1. The van der Waals surface area contributed by atoms with Crippen molar-refractivity contribution in [3.63, 3.8) is 0 Å². The fraction of sp³-hybridized carbons (Fsp3) is 0.0417. The molecule has 9 rings (SSSR count). The lowest BCUT2D eigenvalue weighted by Crippen LogP contribution is -2.01. The molecule has 0 aliphatic rings. The quantitative estimate of drug-likeness (QED) is 0.164. The molecule has 50 heavy (non-hydrogen) atoms. The van der Waals surface area contributed by atoms with Crippen molar-refractivity contribution >= 4 is 43.1 Å². The van der Waals surface area contributed by atoms with Crippen molar-refractivity contribution in [3.05, 3.63) is 193 Å². The van der Waals surface area contributed by atoms with E-state index in [0.29, 0.717) is 13.2 Å². The highest BCUT2D eigenvalue weighted by atomic mass is 16.5. The van der Waals surface area contributed by atoms with Crippen LogP contribution in [0.5, 0.6) is 11.5 Å². The van der Waals surface area contributed by atoms with E-state index in [1.54, 1.807) is 0 Å². The average molecular weight is 643 g/mol. The second-order valence-electron chi connectivity index (χ2n) is 12.8. The maximum Gasteiger partial charge on any atom is 0.128 e. The Hall–Kier alpha value is -6.38. The molecule has 0 aromatic heterocycles. The van der Waals surface area contributed by atoms with E-state index >= 15 is 0 Å². The van der Waals surface area contributed by atoms with Gasteiger partial charge >= 0.3 is 0 Å². The smallest absolute Gasteiger partial charge is 0.128 e. The summed E-state index contributed by atoms with van der Waals surface area (Å²) in [5, 5.41) is 9.61. The van der Waals surface area contributed by atoms with Crippen molar-refractivity contribution < 1.29 is 9.47 Å². The predicted molar refractivity (Wildman–Crippen MR) is 209 cm³/mol. The molecule has 0 bridgehead atoms. The van der Waals surface area contributed by atoms with Crippen LogP contribution in [0.1, 0.15) is 11.1 Å². The van der Waals surface area contributed by atoms with E-state index in [0.717, 1.165) is 33.8 Å². The van der Waals surface area contributed by atoms with E-state index in [-0.39, 0.29) is 0 Å². The van der Waals surface area contributed by atoms with Crippen LogP contribution < -0.4 is 9.47 Å². The Kier molecular flexibility index (Phi) is 7.68. The highest BCUT2D eigenvalue weighted by molar-refractivity contribution is 6.09. The lowest BCUT2D eigenvalue weighted by molar-refractivity contribution is 0.301. The van der Waals surface area contributed by atoms with Gasteiger partial charge in [-0.25, -0.2) is 0 Å². The topological polar surface area (TPSA) is 18.5 Å². The minimum absolute atomic E-state index is 0.446. The molecule has 0 heterocycles. The third-order valence-corrected chi connectivity index (χ3v) is 9.68. The van der Waals surface area contributed by atoms with Crippen LogP contribution >= 0.6 is 0 Å². The van der Waals surface area contributed by atoms with Crippen LogP contribution in [0.4, 0.5) is 0 Å². The van der Waals surface area contributed by atoms with Crippen LogP contribution in [-0.4, -0.2) is 0 Å². The molecule has 0 fully saturated rings. The Morgan fingerprint density at radius 2 is 0.660 bits per heavy atom. The summed E-state index contributed by atoms with van der Waals surface area (Å²) in [5.74, 6) is 1.75. The van der Waals surface area contributed by atoms with Gasteiger partial charge in [-0.3, -0.25) is 0 Å². The van der Waals surface area contributed by atoms with E-state index in [4.69, 9.17) is 9.47 Å². The van der Waals surface area contributed by atoms with Gasteiger partial charge in [-0.2, -0.15) is 0 Å². The molecular formula is C48H34O2. The van der Waals surface area contributed by atoms with Crippen LogP contribution in [0.25, 0.3) is 65.3 Å². The molecule has 0 saturated heterocycles. The SMILES string of the molecule is c1cc(COc2ccc3ccccc3c2-c2cccc3ccccc23)cc(COc2ccc3ccccc3c2-c2cccc3ccccc23)c1. The highest BCUT2D eigenvalue weighted by Crippen LogP contribution is 2.42. The molecule has 0 spiro atoms. The Bertz CT molecular complexity index is 2480. The van der Waals surface area contributed by atoms with E-state index in [2.05, 4.69) is 182 Å². The second kappa shape index (κ2) is 12.9. The van der Waals surface area contributed by atoms with E-state index in [9.17, 15) is 0 Å². The molecular weight excluding hydrogens is 609 g/mol. The molecule has 0 aliphatic carbocycles. The molecule has 0 saturated carbocycles. The molecule has 0 N–H and O–H groups in total. The zero-order valence-corrected chi connectivity index (χ0v) is 27.6. The summed E-state index contributed by atoms with van der Waals surface area (Å²) in [5.41, 5.74) is 6.78. The largest absolute Gasteiger partial charge is 0.488 e. The molecule has 9 aromatic carbocycles. The first-order chi connectivity index (χ1) is 24.8. The molecule has 0 atom stereocenters. The number of hydrogen-bond acceptors (Lipinski definition) is 2. The first-order valence-corrected chi connectivity index (χ1v) is 17.1. The molecule has 0 radical (unpaired) electrons. The number of rotatable bonds is 8. The Morgan fingerprint density at radius 3 is 1.12 bits per heavy atom. The maximum atomic E-state index is 6.68. The van der Waals surface area contributed by atoms with Crippen molar-refractivity contribution in [2.24, 2.45) is 0 Å². The number of hydrogen-bond donors (Lipinski definition) is 0. The van der Waals surface area contributed by atoms with Crippen molar-refractivity contribution in [2.45, 2.75) is 13.2 Å². The van der Waals surface area contributed by atoms with Crippen LogP contribution in [0, 0.1) is 0 Å². The zero-order valence-electron chi connectivity index (χ0n) is 27.6. The molecule has 9 aromatic rings.